The molecule has 0 aliphatic carbocycles. The lowest BCUT2D eigenvalue weighted by Crippen LogP contribution is -2.30. The summed E-state index contributed by atoms with van der Waals surface area (Å²) >= 11 is 0. The molecule has 0 radical (unpaired) electrons. The molecular formula is C15H18N2O2. The van der Waals surface area contributed by atoms with Crippen LogP contribution in [-0.2, 0) is 0 Å². The van der Waals surface area contributed by atoms with Crippen molar-refractivity contribution in [3.8, 4) is 5.75 Å². The molecule has 0 atom stereocenters. The summed E-state index contributed by atoms with van der Waals surface area (Å²) in [6.45, 7) is 5.34. The number of ether oxygens (including phenoxy) is 1. The van der Waals surface area contributed by atoms with Gasteiger partial charge >= 0.3 is 0 Å². The van der Waals surface area contributed by atoms with Crippen LogP contribution in [0.15, 0.2) is 30.5 Å². The average Bonchev–Trinajstić information content (AvgIpc) is 2.47. The van der Waals surface area contributed by atoms with Crippen LogP contribution in [0.5, 0.6) is 5.75 Å². The Bertz CT molecular complexity index is 592. The first-order chi connectivity index (χ1) is 9.21. The van der Waals surface area contributed by atoms with Crippen molar-refractivity contribution in [3.05, 3.63) is 36.0 Å². The van der Waals surface area contributed by atoms with Gasteiger partial charge in [0.05, 0.1) is 12.7 Å². The highest BCUT2D eigenvalue weighted by atomic mass is 16.5. The molecule has 4 heteroatoms. The number of pyridine rings is 1. The van der Waals surface area contributed by atoms with Crippen molar-refractivity contribution in [2.75, 3.05) is 20.2 Å². The quantitative estimate of drug-likeness (QED) is 0.846. The van der Waals surface area contributed by atoms with Crippen LogP contribution in [0.4, 0.5) is 0 Å². The van der Waals surface area contributed by atoms with Gasteiger partial charge in [0.15, 0.2) is 0 Å². The molecule has 1 heterocycles. The SMILES string of the molecule is CCN(CC)C(=O)c1cnc2c(OC)cccc2c1. The minimum atomic E-state index is 0.0159. The van der Waals surface area contributed by atoms with Crippen molar-refractivity contribution in [2.24, 2.45) is 0 Å². The second-order valence-corrected chi connectivity index (χ2v) is 4.23. The fourth-order valence-corrected chi connectivity index (χ4v) is 2.11. The van der Waals surface area contributed by atoms with Gasteiger partial charge in [-0.05, 0) is 26.0 Å². The Morgan fingerprint density at radius 1 is 1.32 bits per heavy atom. The minimum Gasteiger partial charge on any atom is -0.494 e. The molecule has 1 aromatic carbocycles. The topological polar surface area (TPSA) is 42.4 Å². The molecule has 0 spiro atoms. The normalized spacial score (nSPS) is 10.5. The Labute approximate surface area is 113 Å². The molecule has 2 aromatic rings. The van der Waals surface area contributed by atoms with E-state index < -0.39 is 0 Å². The maximum atomic E-state index is 12.3. The summed E-state index contributed by atoms with van der Waals surface area (Å²) in [5.41, 5.74) is 1.39. The number of methoxy groups -OCH3 is 1. The third-order valence-corrected chi connectivity index (χ3v) is 3.19. The van der Waals surface area contributed by atoms with Crippen LogP contribution in [0.25, 0.3) is 10.9 Å². The number of hydrogen-bond acceptors (Lipinski definition) is 3. The number of rotatable bonds is 4. The number of hydrogen-bond donors (Lipinski definition) is 0. The average molecular weight is 258 g/mol. The van der Waals surface area contributed by atoms with E-state index in [0.29, 0.717) is 18.7 Å². The minimum absolute atomic E-state index is 0.0159. The van der Waals surface area contributed by atoms with Crippen LogP contribution in [0, 0.1) is 0 Å². The van der Waals surface area contributed by atoms with Gasteiger partial charge in [0.2, 0.25) is 0 Å². The standard InChI is InChI=1S/C15H18N2O2/c1-4-17(5-2)15(18)12-9-11-7-6-8-13(19-3)14(11)16-10-12/h6-10H,4-5H2,1-3H3. The van der Waals surface area contributed by atoms with Gasteiger partial charge in [-0.2, -0.15) is 0 Å². The number of benzene rings is 1. The van der Waals surface area contributed by atoms with Crippen LogP contribution < -0.4 is 4.74 Å². The highest BCUT2D eigenvalue weighted by Gasteiger charge is 2.14. The summed E-state index contributed by atoms with van der Waals surface area (Å²) in [7, 11) is 1.62. The van der Waals surface area contributed by atoms with Gasteiger partial charge in [-0.15, -0.1) is 0 Å². The molecule has 0 saturated carbocycles. The molecule has 0 bridgehead atoms. The molecule has 0 N–H and O–H groups in total. The first kappa shape index (κ1) is 13.3. The zero-order valence-electron chi connectivity index (χ0n) is 11.5. The lowest BCUT2D eigenvalue weighted by molar-refractivity contribution is 0.0773. The summed E-state index contributed by atoms with van der Waals surface area (Å²) < 4.78 is 5.26. The predicted octanol–water partition coefficient (Wildman–Crippen LogP) is 2.73. The largest absolute Gasteiger partial charge is 0.494 e. The first-order valence-electron chi connectivity index (χ1n) is 6.43. The molecule has 2 rings (SSSR count). The van der Waals surface area contributed by atoms with Crippen molar-refractivity contribution in [2.45, 2.75) is 13.8 Å². The second kappa shape index (κ2) is 5.69. The van der Waals surface area contributed by atoms with E-state index in [0.717, 1.165) is 16.7 Å². The second-order valence-electron chi connectivity index (χ2n) is 4.23. The smallest absolute Gasteiger partial charge is 0.255 e. The Balaban J connectivity index is 2.45. The zero-order chi connectivity index (χ0) is 13.8. The van der Waals surface area contributed by atoms with Crippen molar-refractivity contribution in [1.82, 2.24) is 9.88 Å². The summed E-state index contributed by atoms with van der Waals surface area (Å²) in [6.07, 6.45) is 1.62. The molecule has 19 heavy (non-hydrogen) atoms. The third-order valence-electron chi connectivity index (χ3n) is 3.19. The number of carbonyl (C=O) groups is 1. The number of fused-ring (bicyclic) bond motifs is 1. The van der Waals surface area contributed by atoms with Crippen LogP contribution >= 0.6 is 0 Å². The third kappa shape index (κ3) is 2.52. The van der Waals surface area contributed by atoms with E-state index in [4.69, 9.17) is 4.74 Å². The van der Waals surface area contributed by atoms with E-state index >= 15 is 0 Å². The Morgan fingerprint density at radius 2 is 2.05 bits per heavy atom. The summed E-state index contributed by atoms with van der Waals surface area (Å²) in [5.74, 6) is 0.738. The molecule has 0 aliphatic heterocycles. The van der Waals surface area contributed by atoms with Crippen molar-refractivity contribution < 1.29 is 9.53 Å². The van der Waals surface area contributed by atoms with Gasteiger partial charge in [-0.3, -0.25) is 9.78 Å². The molecule has 0 unspecified atom stereocenters. The number of aromatic nitrogens is 1. The number of nitrogens with zero attached hydrogens (tertiary/aromatic N) is 2. The lowest BCUT2D eigenvalue weighted by Gasteiger charge is -2.18. The van der Waals surface area contributed by atoms with Crippen LogP contribution in [0.1, 0.15) is 24.2 Å². The van der Waals surface area contributed by atoms with Gasteiger partial charge in [0, 0.05) is 24.7 Å². The molecule has 1 aromatic heterocycles. The molecule has 100 valence electrons. The van der Waals surface area contributed by atoms with E-state index in [1.807, 2.05) is 38.1 Å². The molecule has 1 amide bonds. The molecule has 0 aliphatic rings. The summed E-state index contributed by atoms with van der Waals surface area (Å²) in [4.78, 5) is 18.4. The van der Waals surface area contributed by atoms with Crippen LogP contribution in [-0.4, -0.2) is 36.0 Å². The Morgan fingerprint density at radius 3 is 2.68 bits per heavy atom. The monoisotopic (exact) mass is 258 g/mol. The highest BCUT2D eigenvalue weighted by molar-refractivity contribution is 5.98. The van der Waals surface area contributed by atoms with E-state index in [9.17, 15) is 4.79 Å². The number of carbonyl (C=O) groups excluding carboxylic acids is 1. The lowest BCUT2D eigenvalue weighted by atomic mass is 10.1. The van der Waals surface area contributed by atoms with Crippen LogP contribution in [0.3, 0.4) is 0 Å². The fraction of sp³-hybridized carbons (Fsp3) is 0.333. The van der Waals surface area contributed by atoms with E-state index in [1.165, 1.54) is 0 Å². The predicted molar refractivity (Wildman–Crippen MR) is 75.5 cm³/mol. The summed E-state index contributed by atoms with van der Waals surface area (Å²) in [5, 5.41) is 0.914. The van der Waals surface area contributed by atoms with E-state index in [2.05, 4.69) is 4.98 Å². The van der Waals surface area contributed by atoms with Gasteiger partial charge in [0.1, 0.15) is 11.3 Å². The van der Waals surface area contributed by atoms with Gasteiger partial charge in [-0.1, -0.05) is 12.1 Å². The fourth-order valence-electron chi connectivity index (χ4n) is 2.11. The Kier molecular flexibility index (Phi) is 4.00. The number of amides is 1. The molecule has 0 saturated heterocycles. The molecular weight excluding hydrogens is 240 g/mol. The molecule has 0 fully saturated rings. The zero-order valence-corrected chi connectivity index (χ0v) is 11.5. The Hall–Kier alpha value is -2.10. The maximum absolute atomic E-state index is 12.3. The van der Waals surface area contributed by atoms with Crippen molar-refractivity contribution in [3.63, 3.8) is 0 Å². The highest BCUT2D eigenvalue weighted by Crippen LogP contribution is 2.24. The number of para-hydroxylation sites is 1. The van der Waals surface area contributed by atoms with Gasteiger partial charge in [0.25, 0.3) is 5.91 Å². The summed E-state index contributed by atoms with van der Waals surface area (Å²) in [6, 6.07) is 7.56. The molecule has 4 nitrogen and oxygen atoms in total. The van der Waals surface area contributed by atoms with Gasteiger partial charge in [-0.25, -0.2) is 0 Å². The maximum Gasteiger partial charge on any atom is 0.255 e. The van der Waals surface area contributed by atoms with E-state index in [1.54, 1.807) is 18.2 Å². The van der Waals surface area contributed by atoms with Crippen LogP contribution in [0.2, 0.25) is 0 Å². The van der Waals surface area contributed by atoms with Crippen molar-refractivity contribution >= 4 is 16.8 Å². The van der Waals surface area contributed by atoms with E-state index in [-0.39, 0.29) is 5.91 Å². The van der Waals surface area contributed by atoms with Gasteiger partial charge < -0.3 is 9.64 Å². The first-order valence-corrected chi connectivity index (χ1v) is 6.43. The van der Waals surface area contributed by atoms with Crippen molar-refractivity contribution in [1.29, 1.82) is 0 Å².